The molecule has 34 heavy (non-hydrogen) atoms. The lowest BCUT2D eigenvalue weighted by molar-refractivity contribution is 0.0997. The standard InChI is InChI=1S/C23H22ClN5O4S/c1-13-2-3-14(9-18(13)24)21-20(22(25)30)19-10-28(6-7-29(19)27-21)23(31)26-17-5-4-15-11-34(32,33)12-16(15)8-17/h2-5,8-9H,6-7,10-12H2,1H3,(H2,25,30)(H,26,31). The molecule has 0 saturated heterocycles. The summed E-state index contributed by atoms with van der Waals surface area (Å²) in [7, 11) is -3.13. The third-order valence-electron chi connectivity index (χ3n) is 6.17. The van der Waals surface area contributed by atoms with Gasteiger partial charge in [0.15, 0.2) is 9.84 Å². The molecular formula is C23H22ClN5O4S. The molecule has 3 aromatic rings. The maximum absolute atomic E-state index is 13.0. The van der Waals surface area contributed by atoms with E-state index in [0.29, 0.717) is 46.3 Å². The topological polar surface area (TPSA) is 127 Å². The molecule has 0 fully saturated rings. The van der Waals surface area contributed by atoms with Gasteiger partial charge in [-0.15, -0.1) is 0 Å². The Hall–Kier alpha value is -3.37. The molecule has 3 amide bonds. The van der Waals surface area contributed by atoms with Crippen molar-refractivity contribution in [1.29, 1.82) is 0 Å². The Morgan fingerprint density at radius 3 is 2.59 bits per heavy atom. The van der Waals surface area contributed by atoms with Gasteiger partial charge in [0, 0.05) is 22.8 Å². The molecule has 3 N–H and O–H groups in total. The van der Waals surface area contributed by atoms with Crippen molar-refractivity contribution in [3.05, 3.63) is 69.4 Å². The SMILES string of the molecule is Cc1ccc(-c2nn3c(c2C(N)=O)CN(C(=O)Nc2ccc4c(c2)CS(=O)(=O)C4)CC3)cc1Cl. The number of nitrogens with one attached hydrogen (secondary N) is 1. The number of anilines is 1. The number of carbonyl (C=O) groups is 2. The fraction of sp³-hybridized carbons (Fsp3) is 0.261. The molecule has 2 aromatic carbocycles. The van der Waals surface area contributed by atoms with Gasteiger partial charge in [-0.3, -0.25) is 9.48 Å². The van der Waals surface area contributed by atoms with Crippen molar-refractivity contribution in [3.8, 4) is 11.3 Å². The van der Waals surface area contributed by atoms with E-state index in [2.05, 4.69) is 10.4 Å². The fourth-order valence-corrected chi connectivity index (χ4v) is 6.18. The van der Waals surface area contributed by atoms with Gasteiger partial charge >= 0.3 is 6.03 Å². The number of aromatic nitrogens is 2. The van der Waals surface area contributed by atoms with Gasteiger partial charge in [-0.2, -0.15) is 5.10 Å². The van der Waals surface area contributed by atoms with E-state index in [-0.39, 0.29) is 29.6 Å². The summed E-state index contributed by atoms with van der Waals surface area (Å²) in [5.41, 5.74) is 10.5. The monoisotopic (exact) mass is 499 g/mol. The summed E-state index contributed by atoms with van der Waals surface area (Å²) in [6.45, 7) is 2.81. The first kappa shape index (κ1) is 22.4. The molecule has 0 saturated carbocycles. The zero-order valence-corrected chi connectivity index (χ0v) is 19.9. The van der Waals surface area contributed by atoms with E-state index < -0.39 is 15.7 Å². The highest BCUT2D eigenvalue weighted by Gasteiger charge is 2.30. The quantitative estimate of drug-likeness (QED) is 0.572. The van der Waals surface area contributed by atoms with Gasteiger partial charge in [0.2, 0.25) is 0 Å². The zero-order valence-electron chi connectivity index (χ0n) is 18.3. The number of urea groups is 1. The molecule has 0 spiro atoms. The van der Waals surface area contributed by atoms with Crippen molar-refractivity contribution < 1.29 is 18.0 Å². The van der Waals surface area contributed by atoms with Crippen LogP contribution in [0.1, 0.15) is 32.7 Å². The minimum absolute atomic E-state index is 0.0249. The number of primary amides is 1. The summed E-state index contributed by atoms with van der Waals surface area (Å²) in [6.07, 6.45) is 0. The minimum Gasteiger partial charge on any atom is -0.365 e. The van der Waals surface area contributed by atoms with Crippen molar-refractivity contribution >= 4 is 39.1 Å². The lowest BCUT2D eigenvalue weighted by Gasteiger charge is -2.28. The van der Waals surface area contributed by atoms with E-state index in [1.54, 1.807) is 33.8 Å². The summed E-state index contributed by atoms with van der Waals surface area (Å²) in [4.78, 5) is 26.9. The first-order valence-electron chi connectivity index (χ1n) is 10.7. The number of rotatable bonds is 3. The maximum Gasteiger partial charge on any atom is 0.322 e. The third-order valence-corrected chi connectivity index (χ3v) is 8.08. The molecule has 0 bridgehead atoms. The van der Waals surface area contributed by atoms with Crippen LogP contribution >= 0.6 is 11.6 Å². The number of benzene rings is 2. The highest BCUT2D eigenvalue weighted by molar-refractivity contribution is 7.90. The number of amides is 3. The molecule has 9 nitrogen and oxygen atoms in total. The van der Waals surface area contributed by atoms with Crippen LogP contribution in [-0.4, -0.2) is 41.6 Å². The molecule has 0 radical (unpaired) electrons. The number of fused-ring (bicyclic) bond motifs is 2. The Balaban J connectivity index is 1.40. The fourth-order valence-electron chi connectivity index (χ4n) is 4.40. The molecule has 1 aromatic heterocycles. The van der Waals surface area contributed by atoms with Crippen LogP contribution in [0.2, 0.25) is 5.02 Å². The number of sulfone groups is 1. The molecule has 5 rings (SSSR count). The Bertz CT molecular complexity index is 1460. The molecule has 0 aliphatic carbocycles. The Morgan fingerprint density at radius 1 is 1.09 bits per heavy atom. The van der Waals surface area contributed by atoms with Crippen molar-refractivity contribution in [3.63, 3.8) is 0 Å². The van der Waals surface area contributed by atoms with Crippen LogP contribution in [0.25, 0.3) is 11.3 Å². The normalized spacial score (nSPS) is 16.1. The van der Waals surface area contributed by atoms with Gasteiger partial charge in [-0.1, -0.05) is 29.8 Å². The Morgan fingerprint density at radius 2 is 1.85 bits per heavy atom. The number of carbonyl (C=O) groups excluding carboxylic acids is 2. The number of hydrogen-bond donors (Lipinski definition) is 2. The van der Waals surface area contributed by atoms with Gasteiger partial charge in [-0.05, 0) is 41.8 Å². The van der Waals surface area contributed by atoms with Crippen molar-refractivity contribution in [2.75, 3.05) is 11.9 Å². The van der Waals surface area contributed by atoms with E-state index in [9.17, 15) is 18.0 Å². The van der Waals surface area contributed by atoms with E-state index in [0.717, 1.165) is 11.1 Å². The van der Waals surface area contributed by atoms with Gasteiger partial charge in [0.1, 0.15) is 5.69 Å². The number of nitrogens with two attached hydrogens (primary N) is 1. The predicted octanol–water partition coefficient (Wildman–Crippen LogP) is 3.09. The predicted molar refractivity (Wildman–Crippen MR) is 128 cm³/mol. The largest absolute Gasteiger partial charge is 0.365 e. The molecule has 0 atom stereocenters. The zero-order chi connectivity index (χ0) is 24.2. The van der Waals surface area contributed by atoms with Gasteiger partial charge < -0.3 is 16.0 Å². The molecule has 2 aliphatic heterocycles. The van der Waals surface area contributed by atoms with Crippen molar-refractivity contribution in [2.45, 2.75) is 31.5 Å². The molecular weight excluding hydrogens is 478 g/mol. The van der Waals surface area contributed by atoms with Crippen LogP contribution in [0.5, 0.6) is 0 Å². The average molecular weight is 500 g/mol. The summed E-state index contributed by atoms with van der Waals surface area (Å²) >= 11 is 6.27. The molecule has 11 heteroatoms. The van der Waals surface area contributed by atoms with Crippen LogP contribution in [0.3, 0.4) is 0 Å². The van der Waals surface area contributed by atoms with Gasteiger partial charge in [-0.25, -0.2) is 13.2 Å². The van der Waals surface area contributed by atoms with Crippen LogP contribution in [-0.2, 0) is 34.4 Å². The van der Waals surface area contributed by atoms with E-state index in [1.165, 1.54) is 0 Å². The number of hydrogen-bond acceptors (Lipinski definition) is 5. The van der Waals surface area contributed by atoms with Crippen molar-refractivity contribution in [2.24, 2.45) is 5.73 Å². The highest BCUT2D eigenvalue weighted by atomic mass is 35.5. The van der Waals surface area contributed by atoms with E-state index in [4.69, 9.17) is 17.3 Å². The Kier molecular flexibility index (Phi) is 5.37. The first-order chi connectivity index (χ1) is 16.1. The van der Waals surface area contributed by atoms with E-state index in [1.807, 2.05) is 19.1 Å². The maximum atomic E-state index is 13.0. The lowest BCUT2D eigenvalue weighted by atomic mass is 10.0. The van der Waals surface area contributed by atoms with Crippen LogP contribution in [0, 0.1) is 6.92 Å². The van der Waals surface area contributed by atoms with E-state index >= 15 is 0 Å². The molecule has 176 valence electrons. The first-order valence-corrected chi connectivity index (χ1v) is 12.9. The van der Waals surface area contributed by atoms with Crippen LogP contribution < -0.4 is 11.1 Å². The second-order valence-electron chi connectivity index (χ2n) is 8.59. The summed E-state index contributed by atoms with van der Waals surface area (Å²) < 4.78 is 25.4. The highest BCUT2D eigenvalue weighted by Crippen LogP contribution is 2.31. The minimum atomic E-state index is -3.13. The molecule has 0 unspecified atom stereocenters. The Labute approximate surface area is 201 Å². The number of halogens is 1. The molecule has 3 heterocycles. The molecule has 2 aliphatic rings. The van der Waals surface area contributed by atoms with Gasteiger partial charge in [0.25, 0.3) is 5.91 Å². The second-order valence-corrected chi connectivity index (χ2v) is 11.1. The van der Waals surface area contributed by atoms with Crippen molar-refractivity contribution in [1.82, 2.24) is 14.7 Å². The second kappa shape index (κ2) is 8.14. The third kappa shape index (κ3) is 4.03. The summed E-state index contributed by atoms with van der Waals surface area (Å²) in [5.74, 6) is -0.630. The lowest BCUT2D eigenvalue weighted by Crippen LogP contribution is -2.41. The number of aryl methyl sites for hydroxylation is 1. The summed E-state index contributed by atoms with van der Waals surface area (Å²) in [6, 6.07) is 10.2. The van der Waals surface area contributed by atoms with Crippen LogP contribution in [0.4, 0.5) is 10.5 Å². The summed E-state index contributed by atoms with van der Waals surface area (Å²) in [5, 5.41) is 7.97. The average Bonchev–Trinajstić information content (AvgIpc) is 3.30. The smallest absolute Gasteiger partial charge is 0.322 e. The number of nitrogens with zero attached hydrogens (tertiary/aromatic N) is 3. The van der Waals surface area contributed by atoms with Crippen LogP contribution in [0.15, 0.2) is 36.4 Å². The van der Waals surface area contributed by atoms with Gasteiger partial charge in [0.05, 0.1) is 35.9 Å².